The quantitative estimate of drug-likeness (QED) is 0.602. The number of likely N-dealkylation sites (N-methyl/N-ethyl adjacent to an activating group) is 1. The predicted octanol–water partition coefficient (Wildman–Crippen LogP) is -0.0922. The van der Waals surface area contributed by atoms with Gasteiger partial charge in [-0.25, -0.2) is 0 Å². The van der Waals surface area contributed by atoms with Crippen molar-refractivity contribution in [1.82, 2.24) is 10.2 Å². The fraction of sp³-hybridized carbons (Fsp3) is 0.636. The van der Waals surface area contributed by atoms with Gasteiger partial charge in [0.05, 0.1) is 12.1 Å². The molecule has 15 heavy (non-hydrogen) atoms. The summed E-state index contributed by atoms with van der Waals surface area (Å²) in [6, 6.07) is -0.0790. The first-order chi connectivity index (χ1) is 7.11. The minimum absolute atomic E-state index is 0.00597. The summed E-state index contributed by atoms with van der Waals surface area (Å²) in [5.74, 6) is 0.538. The van der Waals surface area contributed by atoms with Crippen LogP contribution in [0.2, 0.25) is 0 Å². The third-order valence-corrected chi connectivity index (χ3v) is 4.09. The summed E-state index contributed by atoms with van der Waals surface area (Å²) in [5.41, 5.74) is 0.696. The summed E-state index contributed by atoms with van der Waals surface area (Å²) in [6.45, 7) is 3.86. The second kappa shape index (κ2) is 2.70. The van der Waals surface area contributed by atoms with Gasteiger partial charge < -0.3 is 5.32 Å². The number of hydrogen-bond acceptors (Lipinski definition) is 3. The Balaban J connectivity index is 2.08. The maximum absolute atomic E-state index is 11.8. The second-order valence-electron chi connectivity index (χ2n) is 4.76. The number of fused-ring (bicyclic) bond motifs is 5. The van der Waals surface area contributed by atoms with Gasteiger partial charge in [-0.3, -0.25) is 14.5 Å². The molecule has 1 aliphatic carbocycles. The molecule has 1 saturated carbocycles. The van der Waals surface area contributed by atoms with Crippen molar-refractivity contribution in [3.05, 3.63) is 12.3 Å². The van der Waals surface area contributed by atoms with E-state index in [1.165, 1.54) is 0 Å². The van der Waals surface area contributed by atoms with Crippen molar-refractivity contribution in [2.24, 2.45) is 11.8 Å². The molecule has 0 spiro atoms. The number of hydrogen-bond donors (Lipinski definition) is 1. The number of amides is 1. The molecule has 0 aromatic heterocycles. The van der Waals surface area contributed by atoms with Crippen LogP contribution in [0.1, 0.15) is 12.8 Å². The van der Waals surface area contributed by atoms with Crippen molar-refractivity contribution in [2.75, 3.05) is 7.05 Å². The smallest absolute Gasteiger partial charge is 0.241 e. The molecule has 2 saturated heterocycles. The molecule has 4 nitrogen and oxygen atoms in total. The lowest BCUT2D eigenvalue weighted by molar-refractivity contribution is -0.127. The van der Waals surface area contributed by atoms with Crippen LogP contribution >= 0.6 is 0 Å². The van der Waals surface area contributed by atoms with E-state index in [1.807, 2.05) is 11.9 Å². The van der Waals surface area contributed by atoms with Crippen LogP contribution in [0.4, 0.5) is 0 Å². The average molecular weight is 206 g/mol. The third-order valence-electron chi connectivity index (χ3n) is 4.09. The predicted molar refractivity (Wildman–Crippen MR) is 53.8 cm³/mol. The van der Waals surface area contributed by atoms with Crippen molar-refractivity contribution in [1.29, 1.82) is 0 Å². The van der Waals surface area contributed by atoms with Gasteiger partial charge in [-0.15, -0.1) is 0 Å². The number of Topliss-reactive ketones (excluding diaryl/α,β-unsaturated/α-hetero) is 1. The molecule has 3 fully saturated rings. The standard InChI is InChI=1S/C11H14N2O2/c1-5-9-8-6(3-4-7(8)14)10(13(9)2)11(15)12-5/h6,8-10H,1,3-4H2,2H3,(H,12,15)/t6-,8-,9+,10+/m0/s1. The fourth-order valence-electron chi connectivity index (χ4n) is 3.53. The number of nitrogens with one attached hydrogen (secondary N) is 1. The molecule has 4 atom stereocenters. The van der Waals surface area contributed by atoms with Crippen LogP contribution in [0.25, 0.3) is 0 Å². The first-order valence-electron chi connectivity index (χ1n) is 5.35. The largest absolute Gasteiger partial charge is 0.327 e. The van der Waals surface area contributed by atoms with Crippen molar-refractivity contribution in [3.8, 4) is 0 Å². The Bertz CT molecular complexity index is 377. The van der Waals surface area contributed by atoms with Crippen molar-refractivity contribution < 1.29 is 9.59 Å². The van der Waals surface area contributed by atoms with E-state index in [9.17, 15) is 9.59 Å². The van der Waals surface area contributed by atoms with Gasteiger partial charge in [0.1, 0.15) is 5.78 Å². The molecule has 0 unspecified atom stereocenters. The fourth-order valence-corrected chi connectivity index (χ4v) is 3.53. The summed E-state index contributed by atoms with van der Waals surface area (Å²) < 4.78 is 0. The van der Waals surface area contributed by atoms with Crippen molar-refractivity contribution in [3.63, 3.8) is 0 Å². The molecule has 1 N–H and O–H groups in total. The van der Waals surface area contributed by atoms with Crippen LogP contribution in [-0.2, 0) is 9.59 Å². The van der Waals surface area contributed by atoms with Gasteiger partial charge in [0, 0.05) is 18.0 Å². The monoisotopic (exact) mass is 206 g/mol. The van der Waals surface area contributed by atoms with Crippen molar-refractivity contribution >= 4 is 11.7 Å². The Morgan fingerprint density at radius 1 is 1.40 bits per heavy atom. The normalized spacial score (nSPS) is 44.5. The number of piperazine rings is 1. The van der Waals surface area contributed by atoms with E-state index in [0.29, 0.717) is 17.9 Å². The van der Waals surface area contributed by atoms with Gasteiger partial charge in [-0.05, 0) is 19.4 Å². The van der Waals surface area contributed by atoms with E-state index >= 15 is 0 Å². The zero-order valence-corrected chi connectivity index (χ0v) is 8.69. The van der Waals surface area contributed by atoms with E-state index in [0.717, 1.165) is 6.42 Å². The highest BCUT2D eigenvalue weighted by Crippen LogP contribution is 2.47. The second-order valence-corrected chi connectivity index (χ2v) is 4.76. The van der Waals surface area contributed by atoms with E-state index in [1.54, 1.807) is 0 Å². The molecule has 1 amide bonds. The lowest BCUT2D eigenvalue weighted by atomic mass is 9.90. The van der Waals surface area contributed by atoms with Gasteiger partial charge in [0.25, 0.3) is 0 Å². The van der Waals surface area contributed by atoms with Gasteiger partial charge >= 0.3 is 0 Å². The van der Waals surface area contributed by atoms with E-state index in [4.69, 9.17) is 0 Å². The Hall–Kier alpha value is -1.16. The van der Waals surface area contributed by atoms with Crippen LogP contribution in [0.3, 0.4) is 0 Å². The maximum Gasteiger partial charge on any atom is 0.241 e. The summed E-state index contributed by atoms with van der Waals surface area (Å²) in [7, 11) is 1.92. The Labute approximate surface area is 88.3 Å². The molecule has 3 rings (SSSR count). The van der Waals surface area contributed by atoms with Crippen LogP contribution in [0.5, 0.6) is 0 Å². The molecular formula is C11H14N2O2. The highest BCUT2D eigenvalue weighted by molar-refractivity contribution is 5.92. The molecule has 2 aliphatic heterocycles. The minimum atomic E-state index is -0.114. The summed E-state index contributed by atoms with van der Waals surface area (Å²) in [5, 5.41) is 2.79. The van der Waals surface area contributed by atoms with Crippen molar-refractivity contribution in [2.45, 2.75) is 24.9 Å². The van der Waals surface area contributed by atoms with Gasteiger partial charge in [-0.1, -0.05) is 6.58 Å². The Morgan fingerprint density at radius 3 is 2.87 bits per heavy atom. The van der Waals surface area contributed by atoms with Gasteiger partial charge in [0.2, 0.25) is 5.91 Å². The Morgan fingerprint density at radius 2 is 2.13 bits per heavy atom. The molecule has 3 aliphatic rings. The first kappa shape index (κ1) is 9.09. The molecule has 0 aromatic rings. The molecule has 0 aromatic carbocycles. The highest BCUT2D eigenvalue weighted by Gasteiger charge is 2.58. The molecule has 2 heterocycles. The number of carbonyl (C=O) groups is 2. The number of ketones is 1. The maximum atomic E-state index is 11.8. The average Bonchev–Trinajstić information content (AvgIpc) is 2.59. The SMILES string of the molecule is C=C1NC(=O)[C@H]2[C@H]3CCC(=O)[C@H]3[C@@H]1N2C. The summed E-state index contributed by atoms with van der Waals surface area (Å²) in [4.78, 5) is 25.6. The number of nitrogens with zero attached hydrogens (tertiary/aromatic N) is 1. The molecule has 0 radical (unpaired) electrons. The van der Waals surface area contributed by atoms with Crippen LogP contribution < -0.4 is 5.32 Å². The molecule has 4 heteroatoms. The van der Waals surface area contributed by atoms with Crippen LogP contribution in [0, 0.1) is 11.8 Å². The zero-order chi connectivity index (χ0) is 10.7. The number of carbonyl (C=O) groups excluding carboxylic acids is 2. The Kier molecular flexibility index (Phi) is 1.63. The van der Waals surface area contributed by atoms with E-state index < -0.39 is 0 Å². The minimum Gasteiger partial charge on any atom is -0.327 e. The molecule has 2 bridgehead atoms. The van der Waals surface area contributed by atoms with Gasteiger partial charge in [-0.2, -0.15) is 0 Å². The molecule has 80 valence electrons. The lowest BCUT2D eigenvalue weighted by Gasteiger charge is -2.34. The first-order valence-corrected chi connectivity index (χ1v) is 5.35. The van der Waals surface area contributed by atoms with Gasteiger partial charge in [0.15, 0.2) is 0 Å². The van der Waals surface area contributed by atoms with E-state index in [2.05, 4.69) is 11.9 Å². The molecular weight excluding hydrogens is 192 g/mol. The summed E-state index contributed by atoms with van der Waals surface area (Å²) in [6.07, 6.45) is 1.49. The topological polar surface area (TPSA) is 49.4 Å². The third kappa shape index (κ3) is 0.951. The lowest BCUT2D eigenvalue weighted by Crippen LogP contribution is -2.53. The van der Waals surface area contributed by atoms with E-state index in [-0.39, 0.29) is 29.8 Å². The van der Waals surface area contributed by atoms with Crippen LogP contribution in [0.15, 0.2) is 12.3 Å². The zero-order valence-electron chi connectivity index (χ0n) is 8.69. The van der Waals surface area contributed by atoms with Crippen LogP contribution in [-0.4, -0.2) is 35.7 Å². The summed E-state index contributed by atoms with van der Waals surface area (Å²) >= 11 is 0. The highest BCUT2D eigenvalue weighted by atomic mass is 16.2. The number of rotatable bonds is 0.